The number of fused-ring (bicyclic) bond motifs is 1. The Hall–Kier alpha value is -4.19. The smallest absolute Gasteiger partial charge is 0.281 e. The lowest BCUT2D eigenvalue weighted by Gasteiger charge is -2.08. The van der Waals surface area contributed by atoms with Gasteiger partial charge in [0, 0.05) is 28.8 Å². The number of nitro groups is 2. The van der Waals surface area contributed by atoms with Crippen LogP contribution >= 0.6 is 11.3 Å². The van der Waals surface area contributed by atoms with E-state index >= 15 is 0 Å². The van der Waals surface area contributed by atoms with E-state index in [4.69, 9.17) is 0 Å². The molecule has 11 nitrogen and oxygen atoms in total. The summed E-state index contributed by atoms with van der Waals surface area (Å²) in [7, 11) is 0. The highest BCUT2D eigenvalue weighted by Crippen LogP contribution is 2.33. The zero-order valence-electron chi connectivity index (χ0n) is 16.9. The Morgan fingerprint density at radius 2 is 1.84 bits per heavy atom. The molecule has 0 saturated heterocycles. The standard InChI is InChI=1S/C20H16N6O5S/c1-11-15(25(28)29)8-13(9-16(11)26(30)31)22-18(27)10-24-20-19(12(2)23-24)14(5-6-21-20)17-4-3-7-32-17/h3-9H,10H2,1-2H3,(H,22,27). The molecule has 0 unspecified atom stereocenters. The van der Waals surface area contributed by atoms with E-state index in [0.717, 1.165) is 28.0 Å². The number of carbonyl (C=O) groups excluding carboxylic acids is 1. The number of amides is 1. The summed E-state index contributed by atoms with van der Waals surface area (Å²) in [5, 5.41) is 32.2. The SMILES string of the molecule is Cc1c([N+](=O)[O-])cc(NC(=O)Cn2nc(C)c3c(-c4cccs4)ccnc32)cc1[N+](=O)[O-]. The number of benzene rings is 1. The Bertz CT molecular complexity index is 1340. The van der Waals surface area contributed by atoms with Crippen LogP contribution in [0.15, 0.2) is 41.9 Å². The van der Waals surface area contributed by atoms with Crippen LogP contribution in [-0.4, -0.2) is 30.5 Å². The van der Waals surface area contributed by atoms with Gasteiger partial charge in [-0.05, 0) is 31.4 Å². The van der Waals surface area contributed by atoms with E-state index in [2.05, 4.69) is 15.4 Å². The molecule has 1 amide bonds. The minimum atomic E-state index is -0.724. The van der Waals surface area contributed by atoms with E-state index in [0.29, 0.717) is 11.3 Å². The summed E-state index contributed by atoms with van der Waals surface area (Å²) >= 11 is 1.58. The highest BCUT2D eigenvalue weighted by molar-refractivity contribution is 7.13. The molecule has 32 heavy (non-hydrogen) atoms. The van der Waals surface area contributed by atoms with Crippen LogP contribution in [0.5, 0.6) is 0 Å². The first kappa shape index (κ1) is 21.1. The summed E-state index contributed by atoms with van der Waals surface area (Å²) in [6.07, 6.45) is 1.64. The number of hydrogen-bond acceptors (Lipinski definition) is 8. The van der Waals surface area contributed by atoms with Crippen LogP contribution < -0.4 is 5.32 Å². The van der Waals surface area contributed by atoms with E-state index in [1.54, 1.807) is 17.5 Å². The lowest BCUT2D eigenvalue weighted by Crippen LogP contribution is -2.20. The Kier molecular flexibility index (Phi) is 5.36. The number of nitro benzene ring substituents is 2. The number of anilines is 1. The van der Waals surface area contributed by atoms with Crippen LogP contribution in [0.25, 0.3) is 21.5 Å². The van der Waals surface area contributed by atoms with E-state index < -0.39 is 27.1 Å². The van der Waals surface area contributed by atoms with Gasteiger partial charge in [0.05, 0.1) is 26.6 Å². The summed E-state index contributed by atoms with van der Waals surface area (Å²) in [4.78, 5) is 39.1. The third-order valence-electron chi connectivity index (χ3n) is 4.92. The van der Waals surface area contributed by atoms with E-state index in [9.17, 15) is 25.0 Å². The van der Waals surface area contributed by atoms with Gasteiger partial charge in [0.15, 0.2) is 5.65 Å². The van der Waals surface area contributed by atoms with Gasteiger partial charge in [0.25, 0.3) is 11.4 Å². The van der Waals surface area contributed by atoms with Crippen LogP contribution in [0.3, 0.4) is 0 Å². The van der Waals surface area contributed by atoms with E-state index in [1.165, 1.54) is 11.6 Å². The molecule has 3 aromatic heterocycles. The molecule has 4 rings (SSSR count). The lowest BCUT2D eigenvalue weighted by atomic mass is 10.1. The van der Waals surface area contributed by atoms with Crippen LogP contribution in [0.2, 0.25) is 0 Å². The maximum Gasteiger partial charge on any atom is 0.281 e. The predicted molar refractivity (Wildman–Crippen MR) is 119 cm³/mol. The maximum atomic E-state index is 12.7. The molecular formula is C20H16N6O5S. The normalized spacial score (nSPS) is 10.9. The highest BCUT2D eigenvalue weighted by Gasteiger charge is 2.24. The van der Waals surface area contributed by atoms with Crippen LogP contribution in [-0.2, 0) is 11.3 Å². The summed E-state index contributed by atoms with van der Waals surface area (Å²) < 4.78 is 1.44. The Labute approximate surface area is 184 Å². The molecule has 0 aliphatic heterocycles. The van der Waals surface area contributed by atoms with Crippen LogP contribution in [0.1, 0.15) is 11.3 Å². The molecule has 0 fully saturated rings. The first-order valence-electron chi connectivity index (χ1n) is 9.35. The van der Waals surface area contributed by atoms with E-state index in [-0.39, 0.29) is 17.8 Å². The van der Waals surface area contributed by atoms with Crippen molar-refractivity contribution in [3.63, 3.8) is 0 Å². The average Bonchev–Trinajstić information content (AvgIpc) is 3.37. The zero-order chi connectivity index (χ0) is 23.0. The third-order valence-corrected chi connectivity index (χ3v) is 5.82. The van der Waals surface area contributed by atoms with Crippen LogP contribution in [0, 0.1) is 34.1 Å². The van der Waals surface area contributed by atoms with Crippen molar-refractivity contribution in [2.24, 2.45) is 0 Å². The highest BCUT2D eigenvalue weighted by atomic mass is 32.1. The molecular weight excluding hydrogens is 436 g/mol. The number of nitrogens with zero attached hydrogens (tertiary/aromatic N) is 5. The van der Waals surface area contributed by atoms with Gasteiger partial charge in [0.1, 0.15) is 12.1 Å². The fourth-order valence-electron chi connectivity index (χ4n) is 3.50. The number of hydrogen-bond donors (Lipinski definition) is 1. The molecule has 0 spiro atoms. The Morgan fingerprint density at radius 3 is 2.44 bits per heavy atom. The van der Waals surface area contributed by atoms with Crippen molar-refractivity contribution in [2.75, 3.05) is 5.32 Å². The van der Waals surface area contributed by atoms with Crippen molar-refractivity contribution >= 4 is 45.3 Å². The van der Waals surface area contributed by atoms with Gasteiger partial charge < -0.3 is 5.32 Å². The molecule has 1 N–H and O–H groups in total. The summed E-state index contributed by atoms with van der Waals surface area (Å²) in [5.41, 5.74) is 1.15. The van der Waals surface area contributed by atoms with Crippen molar-refractivity contribution in [3.05, 3.63) is 73.4 Å². The van der Waals surface area contributed by atoms with Gasteiger partial charge in [-0.15, -0.1) is 11.3 Å². The van der Waals surface area contributed by atoms with Gasteiger partial charge in [-0.2, -0.15) is 5.10 Å². The molecule has 0 aliphatic rings. The molecule has 3 heterocycles. The third kappa shape index (κ3) is 3.78. The largest absolute Gasteiger partial charge is 0.324 e. The fraction of sp³-hybridized carbons (Fsp3) is 0.150. The number of carbonyl (C=O) groups is 1. The second-order valence-electron chi connectivity index (χ2n) is 6.98. The molecule has 0 saturated carbocycles. The predicted octanol–water partition coefficient (Wildman–Crippen LogP) is 4.23. The van der Waals surface area contributed by atoms with Gasteiger partial charge >= 0.3 is 0 Å². The summed E-state index contributed by atoms with van der Waals surface area (Å²) in [6, 6.07) is 8.01. The van der Waals surface area contributed by atoms with E-state index in [1.807, 2.05) is 30.5 Å². The van der Waals surface area contributed by atoms with Gasteiger partial charge in [-0.25, -0.2) is 9.67 Å². The number of nitrogens with one attached hydrogen (secondary N) is 1. The minimum Gasteiger partial charge on any atom is -0.324 e. The molecule has 1 aromatic carbocycles. The van der Waals surface area contributed by atoms with Gasteiger partial charge in [-0.3, -0.25) is 25.0 Å². The van der Waals surface area contributed by atoms with Gasteiger partial charge in [-0.1, -0.05) is 6.07 Å². The van der Waals surface area contributed by atoms with Crippen molar-refractivity contribution in [1.82, 2.24) is 14.8 Å². The summed E-state index contributed by atoms with van der Waals surface area (Å²) in [5.74, 6) is -0.551. The molecule has 0 bridgehead atoms. The number of aryl methyl sites for hydroxylation is 1. The molecule has 0 radical (unpaired) electrons. The average molecular weight is 452 g/mol. The zero-order valence-corrected chi connectivity index (χ0v) is 17.8. The molecule has 0 aliphatic carbocycles. The summed E-state index contributed by atoms with van der Waals surface area (Å²) in [6.45, 7) is 2.89. The Morgan fingerprint density at radius 1 is 1.16 bits per heavy atom. The van der Waals surface area contributed by atoms with Crippen molar-refractivity contribution in [1.29, 1.82) is 0 Å². The first-order chi connectivity index (χ1) is 15.3. The quantitative estimate of drug-likeness (QED) is 0.340. The number of pyridine rings is 1. The van der Waals surface area contributed by atoms with Crippen molar-refractivity contribution < 1.29 is 14.6 Å². The van der Waals surface area contributed by atoms with Gasteiger partial charge in [0.2, 0.25) is 5.91 Å². The second kappa shape index (κ2) is 8.15. The molecule has 162 valence electrons. The van der Waals surface area contributed by atoms with Crippen molar-refractivity contribution in [3.8, 4) is 10.4 Å². The number of aromatic nitrogens is 3. The number of thiophene rings is 1. The first-order valence-corrected chi connectivity index (χ1v) is 10.2. The lowest BCUT2D eigenvalue weighted by molar-refractivity contribution is -0.395. The maximum absolute atomic E-state index is 12.7. The monoisotopic (exact) mass is 452 g/mol. The second-order valence-corrected chi connectivity index (χ2v) is 7.93. The molecule has 0 atom stereocenters. The number of rotatable bonds is 6. The topological polar surface area (TPSA) is 146 Å². The molecule has 12 heteroatoms. The fourth-order valence-corrected chi connectivity index (χ4v) is 4.26. The van der Waals surface area contributed by atoms with Crippen molar-refractivity contribution in [2.45, 2.75) is 20.4 Å². The minimum absolute atomic E-state index is 0.0422. The molecule has 4 aromatic rings. The Balaban J connectivity index is 1.65. The van der Waals surface area contributed by atoms with Crippen LogP contribution in [0.4, 0.5) is 17.1 Å².